The molecule has 0 unspecified atom stereocenters. The summed E-state index contributed by atoms with van der Waals surface area (Å²) < 4.78 is 31.2. The van der Waals surface area contributed by atoms with E-state index in [1.54, 1.807) is 46.1 Å². The lowest BCUT2D eigenvalue weighted by atomic mass is 10.1. The largest absolute Gasteiger partial charge is 0.474 e. The molecular weight excluding hydrogens is 492 g/mol. The maximum Gasteiger partial charge on any atom is 0.272 e. The van der Waals surface area contributed by atoms with Gasteiger partial charge in [-0.2, -0.15) is 5.10 Å². The summed E-state index contributed by atoms with van der Waals surface area (Å²) in [5.74, 6) is 0.258. The molecule has 10 nitrogen and oxygen atoms in total. The van der Waals surface area contributed by atoms with Crippen LogP contribution in [0, 0.1) is 0 Å². The van der Waals surface area contributed by atoms with Gasteiger partial charge in [0.15, 0.2) is 15.5 Å². The Hall–Kier alpha value is -3.57. The number of carbonyl (C=O) groups is 1. The van der Waals surface area contributed by atoms with Crippen LogP contribution >= 0.6 is 11.6 Å². The second-order valence-electron chi connectivity index (χ2n) is 8.19. The van der Waals surface area contributed by atoms with Crippen molar-refractivity contribution < 1.29 is 17.9 Å². The number of hydrogen-bond acceptors (Lipinski definition) is 8. The van der Waals surface area contributed by atoms with Crippen molar-refractivity contribution in [2.24, 2.45) is 0 Å². The third-order valence-corrected chi connectivity index (χ3v) is 7.12. The van der Waals surface area contributed by atoms with Crippen molar-refractivity contribution in [3.05, 3.63) is 65.8 Å². The highest BCUT2D eigenvalue weighted by atomic mass is 35.5. The molecule has 35 heavy (non-hydrogen) atoms. The van der Waals surface area contributed by atoms with Crippen molar-refractivity contribution in [2.45, 2.75) is 23.8 Å². The van der Waals surface area contributed by atoms with Gasteiger partial charge >= 0.3 is 0 Å². The maximum atomic E-state index is 12.7. The maximum absolute atomic E-state index is 12.7. The Morgan fingerprint density at radius 1 is 1.09 bits per heavy atom. The van der Waals surface area contributed by atoms with E-state index in [4.69, 9.17) is 16.3 Å². The molecular formula is C23H21ClN6O4S. The summed E-state index contributed by atoms with van der Waals surface area (Å²) in [5, 5.41) is 5.33. The number of aromatic nitrogens is 5. The van der Waals surface area contributed by atoms with Crippen molar-refractivity contribution in [1.29, 1.82) is 0 Å². The van der Waals surface area contributed by atoms with Gasteiger partial charge in [-0.05, 0) is 36.4 Å². The standard InChI is InChI=1S/C23H21ClN6O4S/c1-35(32,33)17-7-5-15(6-8-17)30-21-18(13-27-30)22(26-14-25-21)34-16-9-11-29(12-10-16)23(31)19-3-2-4-20(24)28-19/h2-8,13-14,16H,9-12H2,1H3. The molecule has 4 heterocycles. The van der Waals surface area contributed by atoms with E-state index >= 15 is 0 Å². The number of ether oxygens (including phenoxy) is 1. The summed E-state index contributed by atoms with van der Waals surface area (Å²) in [7, 11) is -3.29. The average Bonchev–Trinajstić information content (AvgIpc) is 3.29. The fourth-order valence-electron chi connectivity index (χ4n) is 3.96. The molecule has 0 N–H and O–H groups in total. The summed E-state index contributed by atoms with van der Waals surface area (Å²) in [6.45, 7) is 1.05. The van der Waals surface area contributed by atoms with Crippen LogP contribution in [0.1, 0.15) is 23.3 Å². The number of piperidine rings is 1. The van der Waals surface area contributed by atoms with Crippen LogP contribution in [0.25, 0.3) is 16.7 Å². The number of rotatable bonds is 5. The molecule has 5 rings (SSSR count). The minimum atomic E-state index is -3.29. The normalized spacial score (nSPS) is 14.9. The lowest BCUT2D eigenvalue weighted by Gasteiger charge is -2.31. The Bertz CT molecular complexity index is 1500. The number of fused-ring (bicyclic) bond motifs is 1. The molecule has 0 bridgehead atoms. The van der Waals surface area contributed by atoms with Crippen molar-refractivity contribution in [1.82, 2.24) is 29.6 Å². The molecule has 0 atom stereocenters. The minimum absolute atomic E-state index is 0.123. The highest BCUT2D eigenvalue weighted by molar-refractivity contribution is 7.90. The lowest BCUT2D eigenvalue weighted by molar-refractivity contribution is 0.0585. The topological polar surface area (TPSA) is 120 Å². The average molecular weight is 513 g/mol. The van der Waals surface area contributed by atoms with Gasteiger partial charge in [-0.3, -0.25) is 4.79 Å². The van der Waals surface area contributed by atoms with Crippen LogP contribution in [0.15, 0.2) is 59.9 Å². The Morgan fingerprint density at radius 2 is 1.83 bits per heavy atom. The first-order chi connectivity index (χ1) is 16.8. The third kappa shape index (κ3) is 4.82. The van der Waals surface area contributed by atoms with E-state index in [1.165, 1.54) is 18.5 Å². The van der Waals surface area contributed by atoms with Gasteiger partial charge in [0, 0.05) is 32.2 Å². The Labute approximate surface area is 206 Å². The molecule has 1 saturated heterocycles. The number of nitrogens with zero attached hydrogens (tertiary/aromatic N) is 6. The monoisotopic (exact) mass is 512 g/mol. The van der Waals surface area contributed by atoms with Crippen LogP contribution in [0.3, 0.4) is 0 Å². The molecule has 12 heteroatoms. The predicted molar refractivity (Wildman–Crippen MR) is 129 cm³/mol. The van der Waals surface area contributed by atoms with Gasteiger partial charge in [0.05, 0.1) is 16.8 Å². The van der Waals surface area contributed by atoms with E-state index in [0.29, 0.717) is 54.2 Å². The zero-order chi connectivity index (χ0) is 24.6. The molecule has 0 saturated carbocycles. The molecule has 1 amide bonds. The Morgan fingerprint density at radius 3 is 2.51 bits per heavy atom. The van der Waals surface area contributed by atoms with Crippen molar-refractivity contribution >= 4 is 38.4 Å². The van der Waals surface area contributed by atoms with Crippen LogP contribution in [0.2, 0.25) is 5.15 Å². The second-order valence-corrected chi connectivity index (χ2v) is 10.6. The van der Waals surface area contributed by atoms with Crippen molar-refractivity contribution in [3.8, 4) is 11.6 Å². The number of hydrogen-bond donors (Lipinski definition) is 0. The van der Waals surface area contributed by atoms with Crippen LogP contribution in [-0.2, 0) is 9.84 Å². The van der Waals surface area contributed by atoms with E-state index < -0.39 is 9.84 Å². The minimum Gasteiger partial charge on any atom is -0.474 e. The number of benzene rings is 1. The van der Waals surface area contributed by atoms with Crippen LogP contribution in [-0.4, -0.2) is 69.4 Å². The number of sulfone groups is 1. The van der Waals surface area contributed by atoms with Crippen LogP contribution in [0.5, 0.6) is 5.88 Å². The molecule has 180 valence electrons. The number of carbonyl (C=O) groups excluding carboxylic acids is 1. The number of amides is 1. The Kier molecular flexibility index (Phi) is 6.12. The van der Waals surface area contributed by atoms with E-state index in [9.17, 15) is 13.2 Å². The van der Waals surface area contributed by atoms with E-state index in [1.807, 2.05) is 0 Å². The molecule has 1 aromatic carbocycles. The fraction of sp³-hybridized carbons (Fsp3) is 0.261. The molecule has 0 aliphatic carbocycles. The van der Waals surface area contributed by atoms with E-state index in [-0.39, 0.29) is 22.1 Å². The first-order valence-electron chi connectivity index (χ1n) is 10.9. The van der Waals surface area contributed by atoms with Gasteiger partial charge in [0.1, 0.15) is 28.7 Å². The number of pyridine rings is 1. The van der Waals surface area contributed by atoms with E-state index in [2.05, 4.69) is 20.1 Å². The summed E-state index contributed by atoms with van der Waals surface area (Å²) in [6, 6.07) is 11.4. The van der Waals surface area contributed by atoms with Gasteiger partial charge in [-0.1, -0.05) is 17.7 Å². The molecule has 0 spiro atoms. The molecule has 4 aromatic rings. The molecule has 1 aliphatic heterocycles. The summed E-state index contributed by atoms with van der Waals surface area (Å²) in [5.41, 5.74) is 1.53. The van der Waals surface area contributed by atoms with Crippen molar-refractivity contribution in [2.75, 3.05) is 19.3 Å². The van der Waals surface area contributed by atoms with Gasteiger partial charge in [0.25, 0.3) is 5.91 Å². The highest BCUT2D eigenvalue weighted by Crippen LogP contribution is 2.27. The van der Waals surface area contributed by atoms with Gasteiger partial charge < -0.3 is 9.64 Å². The van der Waals surface area contributed by atoms with Gasteiger partial charge in [-0.15, -0.1) is 0 Å². The molecule has 0 radical (unpaired) electrons. The fourth-order valence-corrected chi connectivity index (χ4v) is 4.76. The lowest BCUT2D eigenvalue weighted by Crippen LogP contribution is -2.42. The Balaban J connectivity index is 1.29. The molecule has 3 aromatic heterocycles. The summed E-state index contributed by atoms with van der Waals surface area (Å²) >= 11 is 5.91. The summed E-state index contributed by atoms with van der Waals surface area (Å²) in [6.07, 6.45) is 5.35. The third-order valence-electron chi connectivity index (χ3n) is 5.78. The zero-order valence-corrected chi connectivity index (χ0v) is 20.3. The van der Waals surface area contributed by atoms with Gasteiger partial charge in [0.2, 0.25) is 5.88 Å². The number of likely N-dealkylation sites (tertiary alicyclic amines) is 1. The van der Waals surface area contributed by atoms with Crippen LogP contribution in [0.4, 0.5) is 0 Å². The molecule has 1 aliphatic rings. The SMILES string of the molecule is CS(=O)(=O)c1ccc(-n2ncc3c(OC4CCN(C(=O)c5cccc(Cl)n5)CC4)ncnc32)cc1. The van der Waals surface area contributed by atoms with E-state index in [0.717, 1.165) is 6.26 Å². The predicted octanol–water partition coefficient (Wildman–Crippen LogP) is 2.95. The first kappa shape index (κ1) is 23.2. The smallest absolute Gasteiger partial charge is 0.272 e. The second kappa shape index (κ2) is 9.23. The quantitative estimate of drug-likeness (QED) is 0.374. The van der Waals surface area contributed by atoms with Gasteiger partial charge in [-0.25, -0.2) is 28.1 Å². The summed E-state index contributed by atoms with van der Waals surface area (Å²) in [4.78, 5) is 27.4. The highest BCUT2D eigenvalue weighted by Gasteiger charge is 2.26. The number of halogens is 1. The van der Waals surface area contributed by atoms with Crippen molar-refractivity contribution in [3.63, 3.8) is 0 Å². The molecule has 1 fully saturated rings. The van der Waals surface area contributed by atoms with Crippen LogP contribution < -0.4 is 4.74 Å². The zero-order valence-electron chi connectivity index (χ0n) is 18.7. The first-order valence-corrected chi connectivity index (χ1v) is 13.1.